The number of hydrogen-bond donors (Lipinski definition) is 1. The number of nitrogens with one attached hydrogen (secondary N) is 1. The number of thiophene rings is 1. The van der Waals surface area contributed by atoms with E-state index in [9.17, 15) is 0 Å². The van der Waals surface area contributed by atoms with E-state index in [2.05, 4.69) is 51.7 Å². The van der Waals surface area contributed by atoms with Crippen LogP contribution in [0.3, 0.4) is 0 Å². The summed E-state index contributed by atoms with van der Waals surface area (Å²) in [6, 6.07) is 2.12. The van der Waals surface area contributed by atoms with Crippen molar-refractivity contribution in [1.82, 2.24) is 10.2 Å². The van der Waals surface area contributed by atoms with Gasteiger partial charge in [0.1, 0.15) is 0 Å². The minimum Gasteiger partial charge on any atom is -0.310 e. The number of nitrogens with zero attached hydrogens (tertiary/aromatic N) is 1. The SMILES string of the molecule is CN(C)C1(CNCc2sccc2Br)CCC1. The lowest BCUT2D eigenvalue weighted by Crippen LogP contribution is -2.56. The zero-order chi connectivity index (χ0) is 11.6. The van der Waals surface area contributed by atoms with Gasteiger partial charge < -0.3 is 10.2 Å². The summed E-state index contributed by atoms with van der Waals surface area (Å²) < 4.78 is 1.23. The van der Waals surface area contributed by atoms with E-state index >= 15 is 0 Å². The maximum Gasteiger partial charge on any atom is 0.0328 e. The molecular weight excluding hydrogens is 284 g/mol. The first kappa shape index (κ1) is 12.6. The number of rotatable bonds is 5. The molecule has 1 heterocycles. The largest absolute Gasteiger partial charge is 0.310 e. The van der Waals surface area contributed by atoms with Gasteiger partial charge in [0, 0.05) is 28.0 Å². The zero-order valence-electron chi connectivity index (χ0n) is 9.92. The zero-order valence-corrected chi connectivity index (χ0v) is 12.3. The lowest BCUT2D eigenvalue weighted by atomic mass is 9.75. The molecule has 1 aliphatic rings. The van der Waals surface area contributed by atoms with E-state index in [1.807, 2.05) is 11.3 Å². The predicted molar refractivity (Wildman–Crippen MR) is 74.0 cm³/mol. The molecule has 2 rings (SSSR count). The summed E-state index contributed by atoms with van der Waals surface area (Å²) in [6.07, 6.45) is 4.04. The summed E-state index contributed by atoms with van der Waals surface area (Å²) >= 11 is 5.38. The third-order valence-electron chi connectivity index (χ3n) is 3.66. The van der Waals surface area contributed by atoms with Gasteiger partial charge in [-0.25, -0.2) is 0 Å². The van der Waals surface area contributed by atoms with Crippen LogP contribution >= 0.6 is 27.3 Å². The first-order valence-electron chi connectivity index (χ1n) is 5.74. The molecule has 0 radical (unpaired) electrons. The number of likely N-dealkylation sites (N-methyl/N-ethyl adjacent to an activating group) is 1. The molecule has 1 aliphatic carbocycles. The molecule has 0 atom stereocenters. The van der Waals surface area contributed by atoms with Crippen molar-refractivity contribution in [3.05, 3.63) is 20.8 Å². The second kappa shape index (κ2) is 5.17. The van der Waals surface area contributed by atoms with Crippen molar-refractivity contribution in [1.29, 1.82) is 0 Å². The molecule has 2 nitrogen and oxygen atoms in total. The molecule has 1 aromatic rings. The summed E-state index contributed by atoms with van der Waals surface area (Å²) in [5.41, 5.74) is 0.420. The number of halogens is 1. The monoisotopic (exact) mass is 302 g/mol. The fraction of sp³-hybridized carbons (Fsp3) is 0.667. The van der Waals surface area contributed by atoms with Crippen molar-refractivity contribution in [2.45, 2.75) is 31.3 Å². The summed E-state index contributed by atoms with van der Waals surface area (Å²) in [7, 11) is 4.39. The van der Waals surface area contributed by atoms with Gasteiger partial charge in [-0.1, -0.05) is 0 Å². The van der Waals surface area contributed by atoms with Gasteiger partial charge in [0.2, 0.25) is 0 Å². The van der Waals surface area contributed by atoms with E-state index in [0.717, 1.165) is 13.1 Å². The van der Waals surface area contributed by atoms with Crippen LogP contribution in [0, 0.1) is 0 Å². The van der Waals surface area contributed by atoms with E-state index in [1.165, 1.54) is 28.6 Å². The minimum absolute atomic E-state index is 0.420. The average molecular weight is 303 g/mol. The van der Waals surface area contributed by atoms with Crippen LogP contribution in [0.2, 0.25) is 0 Å². The van der Waals surface area contributed by atoms with E-state index in [4.69, 9.17) is 0 Å². The molecule has 1 aromatic heterocycles. The first-order chi connectivity index (χ1) is 7.64. The summed E-state index contributed by atoms with van der Waals surface area (Å²) in [6.45, 7) is 2.08. The Kier molecular flexibility index (Phi) is 4.06. The standard InChI is InChI=1S/C12H19BrN2S/c1-15(2)12(5-3-6-12)9-14-8-11-10(13)4-7-16-11/h4,7,14H,3,5-6,8-9H2,1-2H3. The van der Waals surface area contributed by atoms with Gasteiger partial charge >= 0.3 is 0 Å². The van der Waals surface area contributed by atoms with Crippen LogP contribution < -0.4 is 5.32 Å². The molecular formula is C12H19BrN2S. The highest BCUT2D eigenvalue weighted by atomic mass is 79.9. The molecule has 0 bridgehead atoms. The summed E-state index contributed by atoms with van der Waals surface area (Å²) in [5.74, 6) is 0. The fourth-order valence-electron chi connectivity index (χ4n) is 2.23. The van der Waals surface area contributed by atoms with Crippen LogP contribution in [0.25, 0.3) is 0 Å². The molecule has 16 heavy (non-hydrogen) atoms. The highest BCUT2D eigenvalue weighted by Crippen LogP contribution is 2.35. The van der Waals surface area contributed by atoms with E-state index < -0.39 is 0 Å². The highest BCUT2D eigenvalue weighted by Gasteiger charge is 2.38. The van der Waals surface area contributed by atoms with Crippen LogP contribution in [0.5, 0.6) is 0 Å². The number of hydrogen-bond acceptors (Lipinski definition) is 3. The van der Waals surface area contributed by atoms with Gasteiger partial charge in [0.05, 0.1) is 0 Å². The second-order valence-electron chi connectivity index (χ2n) is 4.77. The molecule has 1 saturated carbocycles. The third kappa shape index (κ3) is 2.50. The highest BCUT2D eigenvalue weighted by molar-refractivity contribution is 9.10. The van der Waals surface area contributed by atoms with Gasteiger partial charge in [-0.05, 0) is 60.7 Å². The van der Waals surface area contributed by atoms with Crippen LogP contribution in [0.4, 0.5) is 0 Å². The fourth-order valence-corrected chi connectivity index (χ4v) is 3.69. The summed E-state index contributed by atoms with van der Waals surface area (Å²) in [5, 5.41) is 5.72. The van der Waals surface area contributed by atoms with Crippen LogP contribution in [-0.4, -0.2) is 31.1 Å². The molecule has 0 aromatic carbocycles. The van der Waals surface area contributed by atoms with Gasteiger partial charge in [0.25, 0.3) is 0 Å². The van der Waals surface area contributed by atoms with Crippen LogP contribution in [0.15, 0.2) is 15.9 Å². The van der Waals surface area contributed by atoms with Crippen LogP contribution in [0.1, 0.15) is 24.1 Å². The summed E-state index contributed by atoms with van der Waals surface area (Å²) in [4.78, 5) is 3.78. The Morgan fingerprint density at radius 3 is 2.69 bits per heavy atom. The van der Waals surface area contributed by atoms with E-state index in [1.54, 1.807) is 0 Å². The molecule has 4 heteroatoms. The Morgan fingerprint density at radius 1 is 1.50 bits per heavy atom. The lowest BCUT2D eigenvalue weighted by molar-refractivity contribution is 0.0599. The van der Waals surface area contributed by atoms with Gasteiger partial charge in [0.15, 0.2) is 0 Å². The first-order valence-corrected chi connectivity index (χ1v) is 7.41. The Balaban J connectivity index is 1.82. The van der Waals surface area contributed by atoms with Crippen LogP contribution in [-0.2, 0) is 6.54 Å². The quantitative estimate of drug-likeness (QED) is 0.899. The van der Waals surface area contributed by atoms with Gasteiger partial charge in [-0.15, -0.1) is 11.3 Å². The van der Waals surface area contributed by atoms with E-state index in [0.29, 0.717) is 5.54 Å². The molecule has 0 aliphatic heterocycles. The molecule has 0 spiro atoms. The van der Waals surface area contributed by atoms with Crippen molar-refractivity contribution in [2.24, 2.45) is 0 Å². The minimum atomic E-state index is 0.420. The predicted octanol–water partition coefficient (Wildman–Crippen LogP) is 3.08. The average Bonchev–Trinajstić information content (AvgIpc) is 2.55. The maximum absolute atomic E-state index is 3.59. The van der Waals surface area contributed by atoms with Gasteiger partial charge in [-0.3, -0.25) is 0 Å². The molecule has 0 amide bonds. The second-order valence-corrected chi connectivity index (χ2v) is 6.62. The smallest absolute Gasteiger partial charge is 0.0328 e. The Morgan fingerprint density at radius 2 is 2.25 bits per heavy atom. The van der Waals surface area contributed by atoms with E-state index in [-0.39, 0.29) is 0 Å². The molecule has 0 unspecified atom stereocenters. The Hall–Kier alpha value is 0.100. The normalized spacial score (nSPS) is 18.8. The van der Waals surface area contributed by atoms with Gasteiger partial charge in [-0.2, -0.15) is 0 Å². The third-order valence-corrected chi connectivity index (χ3v) is 5.59. The topological polar surface area (TPSA) is 15.3 Å². The van der Waals surface area contributed by atoms with Crippen molar-refractivity contribution in [2.75, 3.05) is 20.6 Å². The molecule has 90 valence electrons. The van der Waals surface area contributed by atoms with Crippen molar-refractivity contribution in [3.8, 4) is 0 Å². The Bertz CT molecular complexity index is 345. The van der Waals surface area contributed by atoms with Crippen molar-refractivity contribution >= 4 is 27.3 Å². The molecule has 0 saturated heterocycles. The van der Waals surface area contributed by atoms with Crippen molar-refractivity contribution in [3.63, 3.8) is 0 Å². The molecule has 1 N–H and O–H groups in total. The maximum atomic E-state index is 3.59. The Labute approximate surface area is 110 Å². The van der Waals surface area contributed by atoms with Crippen molar-refractivity contribution < 1.29 is 0 Å². The lowest BCUT2D eigenvalue weighted by Gasteiger charge is -2.47. The molecule has 1 fully saturated rings.